The predicted octanol–water partition coefficient (Wildman–Crippen LogP) is 7.54. The van der Waals surface area contributed by atoms with Crippen LogP contribution < -0.4 is 4.74 Å². The molecule has 0 spiro atoms. The molecule has 1 nitrogen and oxygen atoms in total. The van der Waals surface area contributed by atoms with Gasteiger partial charge in [0.2, 0.25) is 4.90 Å². The van der Waals surface area contributed by atoms with Crippen molar-refractivity contribution in [2.75, 3.05) is 0 Å². The van der Waals surface area contributed by atoms with E-state index in [2.05, 4.69) is 55.5 Å². The second kappa shape index (κ2) is 8.55. The van der Waals surface area contributed by atoms with E-state index in [4.69, 9.17) is 16.3 Å². The first-order valence-corrected chi connectivity index (χ1v) is 10.7. The molecule has 0 radical (unpaired) electrons. The van der Waals surface area contributed by atoms with Crippen LogP contribution in [0.1, 0.15) is 5.56 Å². The van der Waals surface area contributed by atoms with Crippen molar-refractivity contribution in [2.24, 2.45) is 0 Å². The van der Waals surface area contributed by atoms with Gasteiger partial charge in [-0.15, -0.1) is 0 Å². The second-order valence-corrected chi connectivity index (χ2v) is 8.87. The van der Waals surface area contributed by atoms with Gasteiger partial charge in [0.05, 0.1) is 0 Å². The van der Waals surface area contributed by atoms with Crippen molar-refractivity contribution in [1.82, 2.24) is 0 Å². The van der Waals surface area contributed by atoms with Crippen molar-refractivity contribution in [3.63, 3.8) is 0 Å². The van der Waals surface area contributed by atoms with E-state index >= 15 is 0 Å². The summed E-state index contributed by atoms with van der Waals surface area (Å²) in [7, 11) is -0.300. The summed E-state index contributed by atoms with van der Waals surface area (Å²) in [6.07, 6.45) is 0. The Hall–Kier alpha value is -2.68. The van der Waals surface area contributed by atoms with Crippen molar-refractivity contribution < 1.29 is 4.74 Å². The Morgan fingerprint density at radius 1 is 0.643 bits per heavy atom. The van der Waals surface area contributed by atoms with E-state index in [1.807, 2.05) is 54.6 Å². The van der Waals surface area contributed by atoms with Crippen molar-refractivity contribution in [2.45, 2.75) is 21.6 Å². The Labute approximate surface area is 173 Å². The fourth-order valence-electron chi connectivity index (χ4n) is 2.95. The number of hydrogen-bond acceptors (Lipinski definition) is 1. The summed E-state index contributed by atoms with van der Waals surface area (Å²) in [6, 6.07) is 35.0. The molecule has 0 aliphatic carbocycles. The van der Waals surface area contributed by atoms with E-state index in [-0.39, 0.29) is 10.9 Å². The highest BCUT2D eigenvalue weighted by atomic mass is 35.5. The standard InChI is InChI=1S/C25H20ClOS/c1-19-11-15-22(16-12-19)28(23-17-13-20(26)14-18-23)25-10-6-5-9-24(25)27-21-7-3-2-4-8-21/h2-18H,1H3/q+1. The summed E-state index contributed by atoms with van der Waals surface area (Å²) in [5.74, 6) is 1.70. The number of ether oxygens (including phenoxy) is 1. The van der Waals surface area contributed by atoms with E-state index < -0.39 is 0 Å². The smallest absolute Gasteiger partial charge is 0.208 e. The lowest BCUT2D eigenvalue weighted by atomic mass is 10.2. The average Bonchev–Trinajstić information content (AvgIpc) is 2.73. The number of para-hydroxylation sites is 2. The van der Waals surface area contributed by atoms with Gasteiger partial charge < -0.3 is 4.74 Å². The van der Waals surface area contributed by atoms with E-state index in [1.54, 1.807) is 0 Å². The molecule has 0 aromatic heterocycles. The molecule has 1 unspecified atom stereocenters. The third kappa shape index (κ3) is 4.24. The predicted molar refractivity (Wildman–Crippen MR) is 118 cm³/mol. The van der Waals surface area contributed by atoms with Crippen LogP contribution in [0.5, 0.6) is 11.5 Å². The molecule has 4 rings (SSSR count). The molecule has 0 N–H and O–H groups in total. The van der Waals surface area contributed by atoms with Crippen molar-refractivity contribution >= 4 is 22.5 Å². The lowest BCUT2D eigenvalue weighted by molar-refractivity contribution is 0.470. The quantitative estimate of drug-likeness (QED) is 0.313. The van der Waals surface area contributed by atoms with Crippen LogP contribution in [0.3, 0.4) is 0 Å². The Kier molecular flexibility index (Phi) is 5.70. The molecule has 1 atom stereocenters. The Balaban J connectivity index is 1.83. The third-order valence-electron chi connectivity index (χ3n) is 4.35. The van der Waals surface area contributed by atoms with Gasteiger partial charge in [-0.25, -0.2) is 0 Å². The highest BCUT2D eigenvalue weighted by molar-refractivity contribution is 7.97. The van der Waals surface area contributed by atoms with Crippen LogP contribution in [0.4, 0.5) is 0 Å². The monoisotopic (exact) mass is 403 g/mol. The number of halogens is 1. The number of benzene rings is 4. The first-order valence-electron chi connectivity index (χ1n) is 9.09. The third-order valence-corrected chi connectivity index (χ3v) is 6.86. The molecule has 0 bridgehead atoms. The number of aryl methyl sites for hydroxylation is 1. The summed E-state index contributed by atoms with van der Waals surface area (Å²) in [6.45, 7) is 2.11. The van der Waals surface area contributed by atoms with Crippen molar-refractivity contribution in [1.29, 1.82) is 0 Å². The molecule has 0 aliphatic heterocycles. The lowest BCUT2D eigenvalue weighted by Gasteiger charge is -2.13. The Bertz CT molecular complexity index is 998. The van der Waals surface area contributed by atoms with E-state index in [0.29, 0.717) is 0 Å². The molecule has 0 aliphatic rings. The molecule has 28 heavy (non-hydrogen) atoms. The minimum Gasteiger partial charge on any atom is -0.452 e. The van der Waals surface area contributed by atoms with E-state index in [1.165, 1.54) is 15.4 Å². The molecule has 0 amide bonds. The molecule has 0 saturated heterocycles. The van der Waals surface area contributed by atoms with Gasteiger partial charge in [0.25, 0.3) is 0 Å². The maximum atomic E-state index is 6.26. The van der Waals surface area contributed by atoms with Gasteiger partial charge in [0.1, 0.15) is 16.6 Å². The number of rotatable bonds is 5. The molecule has 4 aromatic rings. The summed E-state index contributed by atoms with van der Waals surface area (Å²) < 4.78 is 6.26. The zero-order valence-electron chi connectivity index (χ0n) is 15.5. The normalized spacial score (nSPS) is 11.8. The number of hydrogen-bond donors (Lipinski definition) is 0. The Morgan fingerprint density at radius 2 is 1.21 bits per heavy atom. The average molecular weight is 404 g/mol. The van der Waals surface area contributed by atoms with Crippen LogP contribution in [0.25, 0.3) is 0 Å². The van der Waals surface area contributed by atoms with E-state index in [0.717, 1.165) is 21.4 Å². The zero-order chi connectivity index (χ0) is 19.3. The first kappa shape index (κ1) is 18.7. The summed E-state index contributed by atoms with van der Waals surface area (Å²) in [5, 5.41) is 0.741. The maximum absolute atomic E-state index is 6.26. The Morgan fingerprint density at radius 3 is 1.89 bits per heavy atom. The van der Waals surface area contributed by atoms with Crippen LogP contribution in [0.15, 0.2) is 118 Å². The van der Waals surface area contributed by atoms with Gasteiger partial charge in [0.15, 0.2) is 15.5 Å². The maximum Gasteiger partial charge on any atom is 0.208 e. The van der Waals surface area contributed by atoms with Gasteiger partial charge in [-0.3, -0.25) is 0 Å². The molecule has 138 valence electrons. The van der Waals surface area contributed by atoms with Crippen LogP contribution >= 0.6 is 11.6 Å². The fourth-order valence-corrected chi connectivity index (χ4v) is 5.20. The second-order valence-electron chi connectivity index (χ2n) is 6.44. The zero-order valence-corrected chi connectivity index (χ0v) is 17.1. The first-order chi connectivity index (χ1) is 13.7. The summed E-state index contributed by atoms with van der Waals surface area (Å²) in [5.41, 5.74) is 1.25. The molecule has 0 heterocycles. The van der Waals surface area contributed by atoms with Crippen molar-refractivity contribution in [3.8, 4) is 11.5 Å². The van der Waals surface area contributed by atoms with Crippen LogP contribution in [0.2, 0.25) is 5.02 Å². The summed E-state index contributed by atoms with van der Waals surface area (Å²) in [4.78, 5) is 3.60. The molecule has 3 heteroatoms. The highest BCUT2D eigenvalue weighted by Gasteiger charge is 2.32. The molecule has 0 fully saturated rings. The summed E-state index contributed by atoms with van der Waals surface area (Å²) >= 11 is 6.15. The van der Waals surface area contributed by atoms with Gasteiger partial charge in [-0.2, -0.15) is 0 Å². The van der Waals surface area contributed by atoms with Gasteiger partial charge in [-0.1, -0.05) is 59.6 Å². The minimum absolute atomic E-state index is 0.300. The minimum atomic E-state index is -0.300. The largest absolute Gasteiger partial charge is 0.452 e. The highest BCUT2D eigenvalue weighted by Crippen LogP contribution is 2.38. The molecule has 0 saturated carbocycles. The SMILES string of the molecule is Cc1ccc([S+](c2ccc(Cl)cc2)c2ccccc2Oc2ccccc2)cc1. The lowest BCUT2D eigenvalue weighted by Crippen LogP contribution is -2.06. The fraction of sp³-hybridized carbons (Fsp3) is 0.0400. The van der Waals surface area contributed by atoms with Gasteiger partial charge >= 0.3 is 0 Å². The molecular formula is C25H20ClOS+. The van der Waals surface area contributed by atoms with Crippen molar-refractivity contribution in [3.05, 3.63) is 114 Å². The van der Waals surface area contributed by atoms with Crippen LogP contribution in [-0.2, 0) is 10.9 Å². The van der Waals surface area contributed by atoms with Gasteiger partial charge in [-0.05, 0) is 67.6 Å². The van der Waals surface area contributed by atoms with E-state index in [9.17, 15) is 0 Å². The topological polar surface area (TPSA) is 9.23 Å². The molecular weight excluding hydrogens is 384 g/mol. The molecule has 4 aromatic carbocycles. The van der Waals surface area contributed by atoms with Crippen LogP contribution in [0, 0.1) is 6.92 Å². The van der Waals surface area contributed by atoms with Gasteiger partial charge in [0, 0.05) is 5.02 Å². The van der Waals surface area contributed by atoms with Crippen LogP contribution in [-0.4, -0.2) is 0 Å².